The number of halogens is 2. The molecular formula is C19H18F2N2O4. The fourth-order valence-electron chi connectivity index (χ4n) is 2.84. The highest BCUT2D eigenvalue weighted by molar-refractivity contribution is 5.97. The van der Waals surface area contributed by atoms with E-state index >= 15 is 0 Å². The first-order valence-electron chi connectivity index (χ1n) is 8.27. The minimum atomic E-state index is -2.97. The highest BCUT2D eigenvalue weighted by Gasteiger charge is 2.28. The van der Waals surface area contributed by atoms with Crippen molar-refractivity contribution in [2.75, 3.05) is 19.0 Å². The number of benzene rings is 2. The minimum absolute atomic E-state index is 0.00845. The van der Waals surface area contributed by atoms with E-state index in [9.17, 15) is 18.4 Å². The van der Waals surface area contributed by atoms with E-state index < -0.39 is 12.5 Å². The number of carbonyl (C=O) groups excluding carboxylic acids is 2. The van der Waals surface area contributed by atoms with Crippen LogP contribution in [-0.2, 0) is 9.59 Å². The average molecular weight is 376 g/mol. The molecule has 0 aromatic heterocycles. The Bertz CT molecular complexity index is 840. The van der Waals surface area contributed by atoms with Crippen molar-refractivity contribution < 1.29 is 27.8 Å². The van der Waals surface area contributed by atoms with Gasteiger partial charge in [-0.1, -0.05) is 12.1 Å². The molecule has 8 heteroatoms. The van der Waals surface area contributed by atoms with Crippen LogP contribution < -0.4 is 20.1 Å². The average Bonchev–Trinajstić information content (AvgIpc) is 3.09. The van der Waals surface area contributed by atoms with Crippen molar-refractivity contribution in [2.45, 2.75) is 13.0 Å². The molecule has 1 fully saturated rings. The van der Waals surface area contributed by atoms with Gasteiger partial charge in [-0.05, 0) is 35.9 Å². The van der Waals surface area contributed by atoms with E-state index in [4.69, 9.17) is 4.74 Å². The van der Waals surface area contributed by atoms with Crippen LogP contribution in [0.3, 0.4) is 0 Å². The van der Waals surface area contributed by atoms with E-state index in [2.05, 4.69) is 15.4 Å². The number of ether oxygens (including phenoxy) is 2. The Balaban J connectivity index is 1.87. The summed E-state index contributed by atoms with van der Waals surface area (Å²) in [7, 11) is 1.53. The number of alkyl halides is 2. The van der Waals surface area contributed by atoms with Crippen molar-refractivity contribution in [3.05, 3.63) is 42.5 Å². The maximum Gasteiger partial charge on any atom is 0.387 e. The van der Waals surface area contributed by atoms with Crippen LogP contribution >= 0.6 is 0 Å². The SMILES string of the molecule is COc1ccc(-c2cc(NC(=O)C3CNC(=O)C3)ccc2OC(F)F)cc1. The molecule has 1 aliphatic rings. The lowest BCUT2D eigenvalue weighted by Gasteiger charge is -2.15. The molecule has 27 heavy (non-hydrogen) atoms. The van der Waals surface area contributed by atoms with Gasteiger partial charge < -0.3 is 20.1 Å². The Morgan fingerprint density at radius 2 is 1.96 bits per heavy atom. The van der Waals surface area contributed by atoms with Crippen LogP contribution in [-0.4, -0.2) is 32.1 Å². The van der Waals surface area contributed by atoms with Crippen molar-refractivity contribution in [3.8, 4) is 22.6 Å². The molecule has 2 aromatic carbocycles. The van der Waals surface area contributed by atoms with Crippen LogP contribution in [0.1, 0.15) is 6.42 Å². The smallest absolute Gasteiger partial charge is 0.387 e. The molecule has 0 radical (unpaired) electrons. The van der Waals surface area contributed by atoms with Gasteiger partial charge in [-0.2, -0.15) is 8.78 Å². The molecule has 1 saturated heterocycles. The second kappa shape index (κ2) is 8.03. The fraction of sp³-hybridized carbons (Fsp3) is 0.263. The van der Waals surface area contributed by atoms with Gasteiger partial charge in [0.1, 0.15) is 11.5 Å². The lowest BCUT2D eigenvalue weighted by Crippen LogP contribution is -2.24. The molecule has 2 amide bonds. The summed E-state index contributed by atoms with van der Waals surface area (Å²) in [6, 6.07) is 11.2. The topological polar surface area (TPSA) is 76.7 Å². The monoisotopic (exact) mass is 376 g/mol. The Hall–Kier alpha value is -3.16. The summed E-state index contributed by atoms with van der Waals surface area (Å²) in [6.45, 7) is -2.69. The van der Waals surface area contributed by atoms with Crippen LogP contribution in [0.2, 0.25) is 0 Å². The van der Waals surface area contributed by atoms with Gasteiger partial charge in [0, 0.05) is 24.2 Å². The molecule has 0 aliphatic carbocycles. The molecule has 6 nitrogen and oxygen atoms in total. The van der Waals surface area contributed by atoms with Gasteiger partial charge >= 0.3 is 6.61 Å². The number of methoxy groups -OCH3 is 1. The molecule has 3 rings (SSSR count). The lowest BCUT2D eigenvalue weighted by atomic mass is 10.0. The number of hydrogen-bond donors (Lipinski definition) is 2. The molecule has 2 aromatic rings. The summed E-state index contributed by atoms with van der Waals surface area (Å²) in [6.07, 6.45) is 0.129. The first-order valence-corrected chi connectivity index (χ1v) is 8.27. The summed E-state index contributed by atoms with van der Waals surface area (Å²) in [5, 5.41) is 5.32. The summed E-state index contributed by atoms with van der Waals surface area (Å²) in [5.74, 6) is -0.325. The molecule has 1 atom stereocenters. The largest absolute Gasteiger partial charge is 0.497 e. The normalized spacial score (nSPS) is 16.1. The van der Waals surface area contributed by atoms with Gasteiger partial charge in [-0.3, -0.25) is 9.59 Å². The predicted octanol–water partition coefficient (Wildman–Crippen LogP) is 3.04. The highest BCUT2D eigenvalue weighted by Crippen LogP contribution is 2.34. The number of anilines is 1. The zero-order chi connectivity index (χ0) is 19.4. The Kier molecular flexibility index (Phi) is 5.54. The molecule has 0 bridgehead atoms. The van der Waals surface area contributed by atoms with Crippen LogP contribution in [0.5, 0.6) is 11.5 Å². The molecule has 0 saturated carbocycles. The maximum atomic E-state index is 12.7. The van der Waals surface area contributed by atoms with E-state index in [1.807, 2.05) is 0 Å². The predicted molar refractivity (Wildman–Crippen MR) is 94.8 cm³/mol. The van der Waals surface area contributed by atoms with Crippen LogP contribution in [0, 0.1) is 5.92 Å². The molecule has 142 valence electrons. The number of hydrogen-bond acceptors (Lipinski definition) is 4. The molecular weight excluding hydrogens is 358 g/mol. The molecule has 1 unspecified atom stereocenters. The Labute approximate surface area is 154 Å². The van der Waals surface area contributed by atoms with Crippen LogP contribution in [0.15, 0.2) is 42.5 Å². The number of nitrogens with one attached hydrogen (secondary N) is 2. The van der Waals surface area contributed by atoms with Gasteiger partial charge in [-0.25, -0.2) is 0 Å². The molecule has 1 heterocycles. The zero-order valence-electron chi connectivity index (χ0n) is 14.5. The Morgan fingerprint density at radius 1 is 1.22 bits per heavy atom. The third-order valence-electron chi connectivity index (χ3n) is 4.21. The van der Waals surface area contributed by atoms with Crippen LogP contribution in [0.4, 0.5) is 14.5 Å². The van der Waals surface area contributed by atoms with E-state index in [0.29, 0.717) is 22.6 Å². The summed E-state index contributed by atoms with van der Waals surface area (Å²) in [4.78, 5) is 23.5. The standard InChI is InChI=1S/C19H18F2N2O4/c1-26-14-5-2-11(3-6-14)15-9-13(4-7-16(15)27-19(20)21)23-18(25)12-8-17(24)22-10-12/h2-7,9,12,19H,8,10H2,1H3,(H,22,24)(H,23,25). The number of amides is 2. The quantitative estimate of drug-likeness (QED) is 0.813. The maximum absolute atomic E-state index is 12.7. The molecule has 1 aliphatic heterocycles. The first kappa shape index (κ1) is 18.6. The third-order valence-corrected chi connectivity index (χ3v) is 4.21. The molecule has 2 N–H and O–H groups in total. The van der Waals surface area contributed by atoms with Crippen molar-refractivity contribution in [2.24, 2.45) is 5.92 Å². The lowest BCUT2D eigenvalue weighted by molar-refractivity contribution is -0.123. The van der Waals surface area contributed by atoms with Gasteiger partial charge in [0.2, 0.25) is 11.8 Å². The van der Waals surface area contributed by atoms with Crippen molar-refractivity contribution in [1.82, 2.24) is 5.32 Å². The van der Waals surface area contributed by atoms with E-state index in [0.717, 1.165) is 0 Å². The zero-order valence-corrected chi connectivity index (χ0v) is 14.5. The summed E-state index contributed by atoms with van der Waals surface area (Å²) < 4.78 is 35.2. The van der Waals surface area contributed by atoms with Crippen molar-refractivity contribution in [3.63, 3.8) is 0 Å². The van der Waals surface area contributed by atoms with E-state index in [1.165, 1.54) is 19.2 Å². The van der Waals surface area contributed by atoms with Crippen LogP contribution in [0.25, 0.3) is 11.1 Å². The number of carbonyl (C=O) groups is 2. The fourth-order valence-corrected chi connectivity index (χ4v) is 2.84. The second-order valence-corrected chi connectivity index (χ2v) is 6.01. The Morgan fingerprint density at radius 3 is 2.56 bits per heavy atom. The number of rotatable bonds is 6. The van der Waals surface area contributed by atoms with Gasteiger partial charge in [0.25, 0.3) is 0 Å². The van der Waals surface area contributed by atoms with Crippen molar-refractivity contribution in [1.29, 1.82) is 0 Å². The summed E-state index contributed by atoms with van der Waals surface area (Å²) in [5.41, 5.74) is 1.45. The van der Waals surface area contributed by atoms with Gasteiger partial charge in [0.15, 0.2) is 0 Å². The van der Waals surface area contributed by atoms with E-state index in [1.54, 1.807) is 30.3 Å². The third kappa shape index (κ3) is 4.52. The van der Waals surface area contributed by atoms with E-state index in [-0.39, 0.29) is 30.5 Å². The van der Waals surface area contributed by atoms with Crippen molar-refractivity contribution >= 4 is 17.5 Å². The van der Waals surface area contributed by atoms with Gasteiger partial charge in [0.05, 0.1) is 13.0 Å². The highest BCUT2D eigenvalue weighted by atomic mass is 19.3. The van der Waals surface area contributed by atoms with Gasteiger partial charge in [-0.15, -0.1) is 0 Å². The molecule has 0 spiro atoms. The second-order valence-electron chi connectivity index (χ2n) is 6.01. The first-order chi connectivity index (χ1) is 13.0. The minimum Gasteiger partial charge on any atom is -0.497 e. The summed E-state index contributed by atoms with van der Waals surface area (Å²) >= 11 is 0.